The second-order valence-corrected chi connectivity index (χ2v) is 7.84. The van der Waals surface area contributed by atoms with Gasteiger partial charge >= 0.3 is 0 Å². The summed E-state index contributed by atoms with van der Waals surface area (Å²) >= 11 is 5.50. The van der Waals surface area contributed by atoms with Crippen LogP contribution in [0.4, 0.5) is 11.4 Å². The van der Waals surface area contributed by atoms with Crippen LogP contribution in [-0.4, -0.2) is 27.1 Å². The van der Waals surface area contributed by atoms with E-state index in [1.54, 1.807) is 6.20 Å². The van der Waals surface area contributed by atoms with E-state index in [0.29, 0.717) is 18.1 Å². The molecule has 0 unspecified atom stereocenters. The summed E-state index contributed by atoms with van der Waals surface area (Å²) in [5.41, 5.74) is 5.14. The van der Waals surface area contributed by atoms with Crippen LogP contribution >= 0.6 is 12.2 Å². The molecule has 1 aliphatic rings. The third-order valence-corrected chi connectivity index (χ3v) is 5.58. The summed E-state index contributed by atoms with van der Waals surface area (Å²) in [6.07, 6.45) is 5.31. The van der Waals surface area contributed by atoms with Crippen LogP contribution in [0.15, 0.2) is 54.9 Å². The van der Waals surface area contributed by atoms with Crippen molar-refractivity contribution in [3.63, 3.8) is 0 Å². The number of rotatable bonds is 5. The molecule has 7 heteroatoms. The highest BCUT2D eigenvalue weighted by Gasteiger charge is 2.22. The normalized spacial score (nSPS) is 13.5. The van der Waals surface area contributed by atoms with Crippen LogP contribution in [-0.2, 0) is 11.3 Å². The third kappa shape index (κ3) is 4.21. The average molecular weight is 420 g/mol. The van der Waals surface area contributed by atoms with Gasteiger partial charge in [0, 0.05) is 43.3 Å². The zero-order chi connectivity index (χ0) is 21.1. The predicted octanol–water partition coefficient (Wildman–Crippen LogP) is 4.10. The third-order valence-electron chi connectivity index (χ3n) is 5.34. The van der Waals surface area contributed by atoms with Crippen molar-refractivity contribution in [2.75, 3.05) is 16.8 Å². The molecule has 154 valence electrons. The van der Waals surface area contributed by atoms with E-state index in [-0.39, 0.29) is 5.91 Å². The largest absolute Gasteiger partial charge is 0.358 e. The fourth-order valence-corrected chi connectivity index (χ4v) is 4.01. The first kappa shape index (κ1) is 20.1. The Labute approximate surface area is 181 Å². The Bertz CT molecular complexity index is 1090. The molecule has 0 atom stereocenters. The van der Waals surface area contributed by atoms with Gasteiger partial charge in [0.1, 0.15) is 5.82 Å². The molecule has 2 heterocycles. The number of aryl methyl sites for hydroxylation is 2. The smallest absolute Gasteiger partial charge is 0.227 e. The van der Waals surface area contributed by atoms with Gasteiger partial charge in [0.15, 0.2) is 5.11 Å². The van der Waals surface area contributed by atoms with Crippen molar-refractivity contribution >= 4 is 34.6 Å². The first-order valence-electron chi connectivity index (χ1n) is 10.1. The van der Waals surface area contributed by atoms with Gasteiger partial charge in [-0.3, -0.25) is 4.79 Å². The summed E-state index contributed by atoms with van der Waals surface area (Å²) in [7, 11) is 0. The number of carbonyl (C=O) groups excluding carboxylic acids is 1. The summed E-state index contributed by atoms with van der Waals surface area (Å²) in [6.45, 7) is 5.39. The number of hydrogen-bond acceptors (Lipinski definition) is 3. The fraction of sp³-hybridized carbons (Fsp3) is 0.261. The topological polar surface area (TPSA) is 62.2 Å². The number of carbonyl (C=O) groups is 1. The van der Waals surface area contributed by atoms with Crippen LogP contribution in [0, 0.1) is 13.8 Å². The number of nitrogens with one attached hydrogen (secondary N) is 2. The van der Waals surface area contributed by atoms with Crippen LogP contribution in [0.2, 0.25) is 0 Å². The molecular weight excluding hydrogens is 394 g/mol. The van der Waals surface area contributed by atoms with Crippen molar-refractivity contribution in [1.82, 2.24) is 14.9 Å². The Balaban J connectivity index is 1.41. The van der Waals surface area contributed by atoms with E-state index in [0.717, 1.165) is 47.0 Å². The summed E-state index contributed by atoms with van der Waals surface area (Å²) in [6, 6.07) is 14.2. The van der Waals surface area contributed by atoms with E-state index in [4.69, 9.17) is 12.2 Å². The van der Waals surface area contributed by atoms with Crippen molar-refractivity contribution in [3.05, 3.63) is 71.8 Å². The molecule has 0 spiro atoms. The maximum atomic E-state index is 12.0. The molecule has 2 N–H and O–H groups in total. The summed E-state index contributed by atoms with van der Waals surface area (Å²) in [5.74, 6) is 1.14. The molecule has 3 aromatic rings. The number of anilines is 2. The lowest BCUT2D eigenvalue weighted by Gasteiger charge is -2.19. The summed E-state index contributed by atoms with van der Waals surface area (Å²) in [5, 5.41) is 7.09. The standard InChI is InChI=1S/C23H25N5OS/c1-16-14-19(9-10-20(16)28-12-5-8-22(28)29)26-23(30)25-15-18-6-3-4-7-21(18)27-13-11-24-17(27)2/h3-4,6-7,9-11,13-14H,5,8,12,15H2,1-2H3,(H2,25,26,30). The minimum absolute atomic E-state index is 0.197. The molecule has 0 saturated carbocycles. The van der Waals surface area contributed by atoms with E-state index >= 15 is 0 Å². The monoisotopic (exact) mass is 419 g/mol. The summed E-state index contributed by atoms with van der Waals surface area (Å²) in [4.78, 5) is 18.2. The van der Waals surface area contributed by atoms with Crippen molar-refractivity contribution in [1.29, 1.82) is 0 Å². The Morgan fingerprint density at radius 3 is 2.70 bits per heavy atom. The first-order chi connectivity index (χ1) is 14.5. The van der Waals surface area contributed by atoms with Crippen LogP contribution in [0.1, 0.15) is 29.8 Å². The number of hydrogen-bond donors (Lipinski definition) is 2. The molecule has 1 fully saturated rings. The number of thiocarbonyl (C=S) groups is 1. The number of benzene rings is 2. The van der Waals surface area contributed by atoms with Gasteiger partial charge in [-0.15, -0.1) is 0 Å². The molecule has 2 aromatic carbocycles. The number of para-hydroxylation sites is 1. The second kappa shape index (κ2) is 8.67. The maximum Gasteiger partial charge on any atom is 0.227 e. The Morgan fingerprint density at radius 1 is 1.17 bits per heavy atom. The quantitative estimate of drug-likeness (QED) is 0.610. The molecule has 1 amide bonds. The van der Waals surface area contributed by atoms with E-state index in [9.17, 15) is 4.79 Å². The van der Waals surface area contributed by atoms with E-state index < -0.39 is 0 Å². The second-order valence-electron chi connectivity index (χ2n) is 7.43. The molecular formula is C23H25N5OS. The number of imidazole rings is 1. The molecule has 0 bridgehead atoms. The summed E-state index contributed by atoms with van der Waals surface area (Å²) < 4.78 is 2.06. The lowest BCUT2D eigenvalue weighted by molar-refractivity contribution is -0.117. The predicted molar refractivity (Wildman–Crippen MR) is 124 cm³/mol. The highest BCUT2D eigenvalue weighted by molar-refractivity contribution is 7.80. The van der Waals surface area contributed by atoms with Gasteiger partial charge in [-0.25, -0.2) is 4.98 Å². The first-order valence-corrected chi connectivity index (χ1v) is 10.5. The van der Waals surface area contributed by atoms with Gasteiger partial charge in [-0.2, -0.15) is 0 Å². The van der Waals surface area contributed by atoms with Gasteiger partial charge in [0.05, 0.1) is 5.69 Å². The number of aromatic nitrogens is 2. The lowest BCUT2D eigenvalue weighted by Crippen LogP contribution is -2.28. The molecule has 1 saturated heterocycles. The van der Waals surface area contributed by atoms with Crippen molar-refractivity contribution in [3.8, 4) is 5.69 Å². The van der Waals surface area contributed by atoms with E-state index in [2.05, 4.69) is 32.3 Å². The lowest BCUT2D eigenvalue weighted by atomic mass is 10.1. The molecule has 6 nitrogen and oxygen atoms in total. The van der Waals surface area contributed by atoms with Crippen molar-refractivity contribution < 1.29 is 4.79 Å². The van der Waals surface area contributed by atoms with Gasteiger partial charge in [0.25, 0.3) is 0 Å². The SMILES string of the molecule is Cc1cc(NC(=S)NCc2ccccc2-n2ccnc2C)ccc1N1CCCC1=O. The average Bonchev–Trinajstić information content (AvgIpc) is 3.35. The van der Waals surface area contributed by atoms with Gasteiger partial charge in [-0.1, -0.05) is 18.2 Å². The Morgan fingerprint density at radius 2 is 2.00 bits per heavy atom. The maximum absolute atomic E-state index is 12.0. The molecule has 1 aliphatic heterocycles. The highest BCUT2D eigenvalue weighted by Crippen LogP contribution is 2.27. The van der Waals surface area contributed by atoms with E-state index in [1.165, 1.54) is 0 Å². The zero-order valence-electron chi connectivity index (χ0n) is 17.2. The van der Waals surface area contributed by atoms with Gasteiger partial charge < -0.3 is 20.1 Å². The fourth-order valence-electron chi connectivity index (χ4n) is 3.82. The zero-order valence-corrected chi connectivity index (χ0v) is 18.0. The molecule has 4 rings (SSSR count). The van der Waals surface area contributed by atoms with E-state index in [1.807, 2.05) is 55.3 Å². The van der Waals surface area contributed by atoms with Gasteiger partial charge in [0.2, 0.25) is 5.91 Å². The minimum atomic E-state index is 0.197. The van der Waals surface area contributed by atoms with Crippen LogP contribution in [0.25, 0.3) is 5.69 Å². The molecule has 1 aromatic heterocycles. The molecule has 0 aliphatic carbocycles. The minimum Gasteiger partial charge on any atom is -0.358 e. The van der Waals surface area contributed by atoms with Crippen LogP contribution < -0.4 is 15.5 Å². The van der Waals surface area contributed by atoms with Crippen LogP contribution in [0.3, 0.4) is 0 Å². The van der Waals surface area contributed by atoms with Gasteiger partial charge in [-0.05, 0) is 67.9 Å². The van der Waals surface area contributed by atoms with Crippen molar-refractivity contribution in [2.24, 2.45) is 0 Å². The highest BCUT2D eigenvalue weighted by atomic mass is 32.1. The number of nitrogens with zero attached hydrogens (tertiary/aromatic N) is 3. The number of amides is 1. The molecule has 0 radical (unpaired) electrons. The Hall–Kier alpha value is -3.19. The molecule has 30 heavy (non-hydrogen) atoms. The van der Waals surface area contributed by atoms with Crippen molar-refractivity contribution in [2.45, 2.75) is 33.2 Å². The Kier molecular flexibility index (Phi) is 5.81. The van der Waals surface area contributed by atoms with Crippen LogP contribution in [0.5, 0.6) is 0 Å².